The van der Waals surface area contributed by atoms with Gasteiger partial charge in [0.25, 0.3) is 0 Å². The van der Waals surface area contributed by atoms with Crippen molar-refractivity contribution in [2.24, 2.45) is 0 Å². The number of hydrogen-bond acceptors (Lipinski definition) is 7. The highest BCUT2D eigenvalue weighted by Gasteiger charge is 2.28. The minimum absolute atomic E-state index is 0.216. The summed E-state index contributed by atoms with van der Waals surface area (Å²) in [5, 5.41) is 16.5. The van der Waals surface area contributed by atoms with Crippen LogP contribution in [0.5, 0.6) is 0 Å². The van der Waals surface area contributed by atoms with E-state index in [-0.39, 0.29) is 5.97 Å². The number of carbonyl (C=O) groups excluding carboxylic acids is 2. The molecule has 0 aliphatic rings. The van der Waals surface area contributed by atoms with Gasteiger partial charge in [0.2, 0.25) is 0 Å². The van der Waals surface area contributed by atoms with Gasteiger partial charge in [-0.3, -0.25) is 4.79 Å². The van der Waals surface area contributed by atoms with Crippen molar-refractivity contribution < 1.29 is 37.2 Å². The number of carboxylic acid groups (broad SMARTS) is 1. The van der Waals surface area contributed by atoms with E-state index in [4.69, 9.17) is 9.90 Å². The topological polar surface area (TPSA) is 109 Å². The number of ether oxygens (including phenoxy) is 1. The molecule has 2 aromatic rings. The van der Waals surface area contributed by atoms with Crippen LogP contribution in [0.3, 0.4) is 0 Å². The van der Waals surface area contributed by atoms with Crippen LogP contribution in [0.25, 0.3) is 11.3 Å². The average molecular weight is 372 g/mol. The number of aliphatic carboxylic acids is 1. The first-order valence-corrected chi connectivity index (χ1v) is 7.14. The first-order valence-electron chi connectivity index (χ1n) is 7.14. The number of esters is 1. The average Bonchev–Trinajstić information content (AvgIpc) is 2.60. The maximum Gasteiger partial charge on any atom is 0.430 e. The number of pyridine rings is 1. The first kappa shape index (κ1) is 20.9. The molecule has 2 heterocycles. The van der Waals surface area contributed by atoms with E-state index in [0.717, 1.165) is 11.3 Å². The second kappa shape index (κ2) is 9.39. The van der Waals surface area contributed by atoms with Gasteiger partial charge in [-0.2, -0.15) is 18.3 Å². The van der Waals surface area contributed by atoms with E-state index in [1.54, 1.807) is 13.1 Å². The highest BCUT2D eigenvalue weighted by Crippen LogP contribution is 2.13. The van der Waals surface area contributed by atoms with Gasteiger partial charge in [-0.15, -0.1) is 5.10 Å². The van der Waals surface area contributed by atoms with E-state index < -0.39 is 12.1 Å². The van der Waals surface area contributed by atoms with Gasteiger partial charge in [0, 0.05) is 17.7 Å². The molecule has 8 nitrogen and oxygen atoms in total. The molecule has 0 spiro atoms. The van der Waals surface area contributed by atoms with Gasteiger partial charge in [0.15, 0.2) is 18.9 Å². The Balaban J connectivity index is 0.000000412. The molecule has 0 aromatic carbocycles. The fourth-order valence-corrected chi connectivity index (χ4v) is 1.63. The highest BCUT2D eigenvalue weighted by atomic mass is 19.4. The number of halogens is 3. The molecule has 11 heteroatoms. The van der Waals surface area contributed by atoms with Crippen LogP contribution in [0.4, 0.5) is 13.2 Å². The zero-order valence-corrected chi connectivity index (χ0v) is 13.9. The van der Waals surface area contributed by atoms with E-state index >= 15 is 0 Å². The number of alkyl halides is 3. The van der Waals surface area contributed by atoms with Crippen LogP contribution >= 0.6 is 0 Å². The Kier molecular flexibility index (Phi) is 7.56. The Morgan fingerprint density at radius 1 is 1.27 bits per heavy atom. The van der Waals surface area contributed by atoms with Crippen molar-refractivity contribution in [1.29, 1.82) is 0 Å². The van der Waals surface area contributed by atoms with Crippen molar-refractivity contribution in [3.05, 3.63) is 36.5 Å². The third-order valence-electron chi connectivity index (χ3n) is 2.88. The molecule has 26 heavy (non-hydrogen) atoms. The number of rotatable bonds is 4. The summed E-state index contributed by atoms with van der Waals surface area (Å²) in [4.78, 5) is 24.1. The van der Waals surface area contributed by atoms with Gasteiger partial charge in [0.1, 0.15) is 18.2 Å². The lowest BCUT2D eigenvalue weighted by molar-refractivity contribution is -0.695. The summed E-state index contributed by atoms with van der Waals surface area (Å²) in [5.41, 5.74) is 1.75. The molecule has 2 aromatic heterocycles. The molecule has 0 fully saturated rings. The molecular formula is C15H15F3N4O4. The number of nitrogens with zero attached hydrogens (tertiary/aromatic N) is 4. The third-order valence-corrected chi connectivity index (χ3v) is 2.88. The van der Waals surface area contributed by atoms with Crippen molar-refractivity contribution in [1.82, 2.24) is 15.2 Å². The summed E-state index contributed by atoms with van der Waals surface area (Å²) in [6.45, 7) is 2.39. The van der Waals surface area contributed by atoms with Gasteiger partial charge < -0.3 is 14.6 Å². The van der Waals surface area contributed by atoms with Crippen molar-refractivity contribution in [2.45, 2.75) is 26.1 Å². The van der Waals surface area contributed by atoms with Crippen LogP contribution in [0.15, 0.2) is 30.7 Å². The molecule has 140 valence electrons. The third kappa shape index (κ3) is 7.20. The van der Waals surface area contributed by atoms with Crippen LogP contribution in [-0.2, 0) is 20.9 Å². The minimum atomic E-state index is -5.19. The number of aryl methyl sites for hydroxylation is 2. The van der Waals surface area contributed by atoms with E-state index in [1.165, 1.54) is 7.11 Å². The standard InChI is InChI=1S/C13H15N4O2.C2HF3O2/c1-10-15-12(9-14-16-10)11-3-6-17(7-4-11)8-5-13(18)19-2;3-2(4,5)1(6)7/h3-4,6-7,9H,5,8H2,1-2H3;(H,6,7)/q+1;/p-1. The van der Waals surface area contributed by atoms with Crippen molar-refractivity contribution in [3.8, 4) is 11.3 Å². The Hall–Kier alpha value is -3.11. The maximum absolute atomic E-state index is 11.1. The molecule has 2 rings (SSSR count). The number of carboxylic acids is 1. The summed E-state index contributed by atoms with van der Waals surface area (Å²) in [6, 6.07) is 3.86. The monoisotopic (exact) mass is 372 g/mol. The summed E-state index contributed by atoms with van der Waals surface area (Å²) in [7, 11) is 1.39. The van der Waals surface area contributed by atoms with E-state index in [9.17, 15) is 18.0 Å². The number of methoxy groups -OCH3 is 1. The Bertz CT molecular complexity index is 751. The molecule has 0 aliphatic carbocycles. The number of hydrogen-bond donors (Lipinski definition) is 0. The zero-order chi connectivity index (χ0) is 19.7. The second-order valence-corrected chi connectivity index (χ2v) is 4.82. The highest BCUT2D eigenvalue weighted by molar-refractivity contribution is 5.70. The van der Waals surface area contributed by atoms with Crippen molar-refractivity contribution in [3.63, 3.8) is 0 Å². The molecule has 0 atom stereocenters. The van der Waals surface area contributed by atoms with Gasteiger partial charge >= 0.3 is 12.1 Å². The summed E-state index contributed by atoms with van der Waals surface area (Å²) >= 11 is 0. The summed E-state index contributed by atoms with van der Waals surface area (Å²) in [5.74, 6) is -2.58. The van der Waals surface area contributed by atoms with Crippen LogP contribution in [0, 0.1) is 6.92 Å². The molecule has 0 radical (unpaired) electrons. The lowest BCUT2D eigenvalue weighted by atomic mass is 10.2. The smallest absolute Gasteiger partial charge is 0.430 e. The Morgan fingerprint density at radius 2 is 1.85 bits per heavy atom. The van der Waals surface area contributed by atoms with Crippen molar-refractivity contribution >= 4 is 11.9 Å². The molecule has 0 amide bonds. The molecular weight excluding hydrogens is 357 g/mol. The van der Waals surface area contributed by atoms with Gasteiger partial charge in [-0.25, -0.2) is 9.55 Å². The van der Waals surface area contributed by atoms with Crippen LogP contribution in [-0.4, -0.2) is 40.4 Å². The van der Waals surface area contributed by atoms with E-state index in [0.29, 0.717) is 18.8 Å². The normalized spacial score (nSPS) is 10.5. The lowest BCUT2D eigenvalue weighted by Crippen LogP contribution is -2.37. The zero-order valence-electron chi connectivity index (χ0n) is 13.9. The van der Waals surface area contributed by atoms with Crippen molar-refractivity contribution in [2.75, 3.05) is 7.11 Å². The van der Waals surface area contributed by atoms with Crippen LogP contribution in [0.1, 0.15) is 12.2 Å². The molecule has 0 aliphatic heterocycles. The first-order chi connectivity index (χ1) is 12.1. The fourth-order valence-electron chi connectivity index (χ4n) is 1.63. The molecule has 0 N–H and O–H groups in total. The molecule has 0 bridgehead atoms. The Labute approximate surface area is 146 Å². The predicted octanol–water partition coefficient (Wildman–Crippen LogP) is -0.00378. The lowest BCUT2D eigenvalue weighted by Gasteiger charge is -2.03. The second-order valence-electron chi connectivity index (χ2n) is 4.82. The summed E-state index contributed by atoms with van der Waals surface area (Å²) in [6.07, 6.45) is 0.585. The molecule has 0 saturated heterocycles. The number of carbonyl (C=O) groups is 2. The maximum atomic E-state index is 11.1. The number of aromatic nitrogens is 4. The van der Waals surface area contributed by atoms with Gasteiger partial charge in [-0.1, -0.05) is 0 Å². The van der Waals surface area contributed by atoms with Gasteiger partial charge in [0.05, 0.1) is 19.0 Å². The van der Waals surface area contributed by atoms with Crippen LogP contribution < -0.4 is 9.67 Å². The SMILES string of the molecule is COC(=O)CC[n+]1ccc(-c2cnnc(C)n2)cc1.O=C([O-])C(F)(F)F. The fraction of sp³-hybridized carbons (Fsp3) is 0.333. The van der Waals surface area contributed by atoms with E-state index in [2.05, 4.69) is 19.9 Å². The van der Waals surface area contributed by atoms with Crippen LogP contribution in [0.2, 0.25) is 0 Å². The largest absolute Gasteiger partial charge is 0.542 e. The van der Waals surface area contributed by atoms with E-state index in [1.807, 2.05) is 29.1 Å². The predicted molar refractivity (Wildman–Crippen MR) is 77.9 cm³/mol. The molecule has 0 unspecified atom stereocenters. The summed E-state index contributed by atoms with van der Waals surface area (Å²) < 4.78 is 38.1. The quantitative estimate of drug-likeness (QED) is 0.549. The molecule has 0 saturated carbocycles. The minimum Gasteiger partial charge on any atom is -0.542 e. The Morgan fingerprint density at radius 3 is 2.31 bits per heavy atom. The van der Waals surface area contributed by atoms with Gasteiger partial charge in [-0.05, 0) is 6.92 Å².